The molecule has 1 rings (SSSR count). The molecule has 0 saturated heterocycles. The average Bonchev–Trinajstić information content (AvgIpc) is 2.49. The SMILES string of the molecule is COCCCN(CCOC)CCC(N)c1cccc(Br)c1. The van der Waals surface area contributed by atoms with Gasteiger partial charge in [0.15, 0.2) is 0 Å². The molecular formula is C16H27BrN2O2. The van der Waals surface area contributed by atoms with Gasteiger partial charge in [0, 0.05) is 51.0 Å². The van der Waals surface area contributed by atoms with Gasteiger partial charge < -0.3 is 20.1 Å². The normalized spacial score (nSPS) is 12.8. The summed E-state index contributed by atoms with van der Waals surface area (Å²) in [4.78, 5) is 2.39. The Hall–Kier alpha value is -0.460. The Morgan fingerprint density at radius 3 is 2.57 bits per heavy atom. The molecule has 0 aliphatic carbocycles. The van der Waals surface area contributed by atoms with E-state index in [0.29, 0.717) is 0 Å². The van der Waals surface area contributed by atoms with E-state index < -0.39 is 0 Å². The van der Waals surface area contributed by atoms with E-state index in [1.807, 2.05) is 12.1 Å². The first-order valence-electron chi connectivity index (χ1n) is 7.38. The summed E-state index contributed by atoms with van der Waals surface area (Å²) >= 11 is 3.49. The number of nitrogens with zero attached hydrogens (tertiary/aromatic N) is 1. The van der Waals surface area contributed by atoms with Gasteiger partial charge in [-0.1, -0.05) is 28.1 Å². The minimum absolute atomic E-state index is 0.0648. The van der Waals surface area contributed by atoms with Gasteiger partial charge in [0.2, 0.25) is 0 Å². The third kappa shape index (κ3) is 7.93. The zero-order valence-corrected chi connectivity index (χ0v) is 14.6. The second kappa shape index (κ2) is 11.2. The molecule has 0 radical (unpaired) electrons. The second-order valence-corrected chi connectivity index (χ2v) is 6.05. The molecule has 0 saturated carbocycles. The monoisotopic (exact) mass is 358 g/mol. The molecule has 1 atom stereocenters. The van der Waals surface area contributed by atoms with Crippen LogP contribution in [-0.2, 0) is 9.47 Å². The first kappa shape index (κ1) is 18.6. The molecule has 0 aliphatic heterocycles. The fourth-order valence-electron chi connectivity index (χ4n) is 2.21. The highest BCUT2D eigenvalue weighted by atomic mass is 79.9. The summed E-state index contributed by atoms with van der Waals surface area (Å²) in [6.45, 7) is 4.47. The van der Waals surface area contributed by atoms with Crippen LogP contribution in [0.15, 0.2) is 28.7 Å². The Kier molecular flexibility index (Phi) is 9.87. The van der Waals surface area contributed by atoms with Crippen LogP contribution in [0.1, 0.15) is 24.4 Å². The second-order valence-electron chi connectivity index (χ2n) is 5.13. The third-order valence-corrected chi connectivity index (χ3v) is 3.96. The lowest BCUT2D eigenvalue weighted by Crippen LogP contribution is -2.32. The van der Waals surface area contributed by atoms with Crippen LogP contribution in [0.4, 0.5) is 0 Å². The molecule has 0 fully saturated rings. The quantitative estimate of drug-likeness (QED) is 0.618. The highest BCUT2D eigenvalue weighted by Crippen LogP contribution is 2.19. The van der Waals surface area contributed by atoms with Crippen molar-refractivity contribution in [2.75, 3.05) is 47.1 Å². The van der Waals surface area contributed by atoms with Crippen LogP contribution in [-0.4, -0.2) is 52.0 Å². The maximum atomic E-state index is 6.29. The molecule has 0 heterocycles. The van der Waals surface area contributed by atoms with Crippen LogP contribution in [0.25, 0.3) is 0 Å². The summed E-state index contributed by atoms with van der Waals surface area (Å²) < 4.78 is 11.4. The van der Waals surface area contributed by atoms with Crippen LogP contribution in [0, 0.1) is 0 Å². The largest absolute Gasteiger partial charge is 0.385 e. The first-order valence-corrected chi connectivity index (χ1v) is 8.18. The number of hydrogen-bond acceptors (Lipinski definition) is 4. The van der Waals surface area contributed by atoms with Gasteiger partial charge in [-0.25, -0.2) is 0 Å². The Morgan fingerprint density at radius 1 is 1.14 bits per heavy atom. The Bertz CT molecular complexity index is 390. The number of ether oxygens (including phenoxy) is 2. The number of benzene rings is 1. The molecule has 4 nitrogen and oxygen atoms in total. The van der Waals surface area contributed by atoms with Gasteiger partial charge in [-0.3, -0.25) is 0 Å². The van der Waals surface area contributed by atoms with E-state index in [1.165, 1.54) is 5.56 Å². The van der Waals surface area contributed by atoms with Crippen LogP contribution in [0.3, 0.4) is 0 Å². The highest BCUT2D eigenvalue weighted by Gasteiger charge is 2.10. The van der Waals surface area contributed by atoms with E-state index >= 15 is 0 Å². The van der Waals surface area contributed by atoms with Gasteiger partial charge in [0.05, 0.1) is 6.61 Å². The lowest BCUT2D eigenvalue weighted by Gasteiger charge is -2.23. The molecule has 0 spiro atoms. The van der Waals surface area contributed by atoms with Crippen molar-refractivity contribution >= 4 is 15.9 Å². The molecule has 0 aromatic heterocycles. The summed E-state index contributed by atoms with van der Waals surface area (Å²) in [5.74, 6) is 0. The number of methoxy groups -OCH3 is 2. The molecule has 2 N–H and O–H groups in total. The minimum atomic E-state index is 0.0648. The van der Waals surface area contributed by atoms with Crippen molar-refractivity contribution in [1.82, 2.24) is 4.90 Å². The van der Waals surface area contributed by atoms with Gasteiger partial charge in [-0.15, -0.1) is 0 Å². The van der Waals surface area contributed by atoms with Crippen molar-refractivity contribution in [2.24, 2.45) is 5.73 Å². The lowest BCUT2D eigenvalue weighted by molar-refractivity contribution is 0.131. The fourth-order valence-corrected chi connectivity index (χ4v) is 2.63. The lowest BCUT2D eigenvalue weighted by atomic mass is 10.0. The molecule has 120 valence electrons. The van der Waals surface area contributed by atoms with Gasteiger partial charge in [0.25, 0.3) is 0 Å². The van der Waals surface area contributed by atoms with E-state index in [-0.39, 0.29) is 6.04 Å². The van der Waals surface area contributed by atoms with Crippen LogP contribution >= 0.6 is 15.9 Å². The van der Waals surface area contributed by atoms with Gasteiger partial charge in [-0.2, -0.15) is 0 Å². The number of nitrogens with two attached hydrogens (primary N) is 1. The smallest absolute Gasteiger partial charge is 0.0589 e. The zero-order valence-electron chi connectivity index (χ0n) is 13.1. The van der Waals surface area contributed by atoms with Crippen molar-refractivity contribution in [3.05, 3.63) is 34.3 Å². The molecule has 1 unspecified atom stereocenters. The van der Waals surface area contributed by atoms with E-state index in [2.05, 4.69) is 33.0 Å². The highest BCUT2D eigenvalue weighted by molar-refractivity contribution is 9.10. The topological polar surface area (TPSA) is 47.7 Å². The van der Waals surface area contributed by atoms with Gasteiger partial charge in [0.1, 0.15) is 0 Å². The molecule has 21 heavy (non-hydrogen) atoms. The molecule has 5 heteroatoms. The van der Waals surface area contributed by atoms with Crippen LogP contribution in [0.5, 0.6) is 0 Å². The van der Waals surface area contributed by atoms with E-state index in [1.54, 1.807) is 14.2 Å². The van der Waals surface area contributed by atoms with E-state index in [0.717, 1.165) is 50.2 Å². The number of hydrogen-bond donors (Lipinski definition) is 1. The molecule has 0 bridgehead atoms. The van der Waals surface area contributed by atoms with Crippen LogP contribution in [0.2, 0.25) is 0 Å². The van der Waals surface area contributed by atoms with Gasteiger partial charge >= 0.3 is 0 Å². The summed E-state index contributed by atoms with van der Waals surface area (Å²) in [5, 5.41) is 0. The molecule has 0 amide bonds. The summed E-state index contributed by atoms with van der Waals surface area (Å²) in [5.41, 5.74) is 7.47. The summed E-state index contributed by atoms with van der Waals surface area (Å²) in [6.07, 6.45) is 1.97. The van der Waals surface area contributed by atoms with Crippen molar-refractivity contribution in [2.45, 2.75) is 18.9 Å². The maximum absolute atomic E-state index is 6.29. The van der Waals surface area contributed by atoms with Crippen molar-refractivity contribution in [3.63, 3.8) is 0 Å². The maximum Gasteiger partial charge on any atom is 0.0589 e. The minimum Gasteiger partial charge on any atom is -0.385 e. The molecule has 1 aromatic carbocycles. The molecule has 1 aromatic rings. The Morgan fingerprint density at radius 2 is 1.90 bits per heavy atom. The predicted octanol–water partition coefficient (Wildman–Crippen LogP) is 2.82. The Labute approximate surface area is 136 Å². The standard InChI is InChI=1S/C16H27BrN2O2/c1-20-11-4-8-19(10-12-21-2)9-7-16(18)14-5-3-6-15(17)13-14/h3,5-6,13,16H,4,7-12,18H2,1-2H3. The predicted molar refractivity (Wildman–Crippen MR) is 90.5 cm³/mol. The Balaban J connectivity index is 2.42. The van der Waals surface area contributed by atoms with Crippen molar-refractivity contribution in [1.29, 1.82) is 0 Å². The first-order chi connectivity index (χ1) is 10.2. The van der Waals surface area contributed by atoms with E-state index in [4.69, 9.17) is 15.2 Å². The number of halogens is 1. The fraction of sp³-hybridized carbons (Fsp3) is 0.625. The van der Waals surface area contributed by atoms with E-state index in [9.17, 15) is 0 Å². The summed E-state index contributed by atoms with van der Waals surface area (Å²) in [6, 6.07) is 8.29. The third-order valence-electron chi connectivity index (χ3n) is 3.47. The van der Waals surface area contributed by atoms with Gasteiger partial charge in [-0.05, 0) is 30.5 Å². The molecular weight excluding hydrogens is 332 g/mol. The number of rotatable bonds is 11. The average molecular weight is 359 g/mol. The summed E-state index contributed by atoms with van der Waals surface area (Å²) in [7, 11) is 3.48. The molecule has 0 aliphatic rings. The van der Waals surface area contributed by atoms with Crippen LogP contribution < -0.4 is 5.73 Å². The van der Waals surface area contributed by atoms with Crippen molar-refractivity contribution < 1.29 is 9.47 Å². The zero-order chi connectivity index (χ0) is 15.5. The van der Waals surface area contributed by atoms with Crippen molar-refractivity contribution in [3.8, 4) is 0 Å².